The Morgan fingerprint density at radius 2 is 1.76 bits per heavy atom. The van der Waals surface area contributed by atoms with Crippen molar-refractivity contribution in [2.24, 2.45) is 17.3 Å². The molecule has 0 bridgehead atoms. The van der Waals surface area contributed by atoms with E-state index in [4.69, 9.17) is 0 Å². The molecule has 0 aromatic heterocycles. The maximum Gasteiger partial charge on any atom is 0.409 e. The van der Waals surface area contributed by atoms with E-state index in [-0.39, 0.29) is 29.7 Å². The number of fused-ring (bicyclic) bond motifs is 4. The van der Waals surface area contributed by atoms with E-state index in [2.05, 4.69) is 20.7 Å². The van der Waals surface area contributed by atoms with Gasteiger partial charge in [-0.1, -0.05) is 0 Å². The molecule has 38 heavy (non-hydrogen) atoms. The zero-order chi connectivity index (χ0) is 26.8. The minimum Gasteiger partial charge on any atom is -0.333 e. The summed E-state index contributed by atoms with van der Waals surface area (Å²) in [5.74, 6) is -0.758. The average Bonchev–Trinajstić information content (AvgIpc) is 3.54. The summed E-state index contributed by atoms with van der Waals surface area (Å²) in [5, 5.41) is 5.65. The molecule has 2 N–H and O–H groups in total. The number of hydrogen-bond donors (Lipinski definition) is 2. The van der Waals surface area contributed by atoms with Gasteiger partial charge in [0.25, 0.3) is 0 Å². The minimum absolute atomic E-state index is 0.00388. The molecular weight excluding hydrogens is 522 g/mol. The largest absolute Gasteiger partial charge is 0.409 e. The van der Waals surface area contributed by atoms with Crippen LogP contribution in [0.25, 0.3) is 0 Å². The van der Waals surface area contributed by atoms with Gasteiger partial charge in [-0.05, 0) is 75.7 Å². The highest BCUT2D eigenvalue weighted by atomic mass is 32.2. The summed E-state index contributed by atoms with van der Waals surface area (Å²) in [7, 11) is 0.349. The summed E-state index contributed by atoms with van der Waals surface area (Å²) in [6, 6.07) is -1.11. The summed E-state index contributed by atoms with van der Waals surface area (Å²) in [6.45, 7) is 1.73. The van der Waals surface area contributed by atoms with Gasteiger partial charge in [0.15, 0.2) is 6.30 Å². The van der Waals surface area contributed by atoms with Crippen LogP contribution in [0.5, 0.6) is 0 Å². The SMILES string of the molecule is CN(C(=O)C1CCS(=O)CC1)[C@@H](C1CCC(N2CCC3(CC3)C3C2CNC2CC(F)NN23)CC1)C(F)(F)F. The Hall–Kier alpha value is -0.820. The topological polar surface area (TPSA) is 67.9 Å². The molecule has 6 aliphatic rings. The minimum atomic E-state index is -4.49. The van der Waals surface area contributed by atoms with Gasteiger partial charge in [-0.2, -0.15) is 13.2 Å². The lowest BCUT2D eigenvalue weighted by Gasteiger charge is -2.56. The van der Waals surface area contributed by atoms with Crippen molar-refractivity contribution in [3.05, 3.63) is 0 Å². The maximum atomic E-state index is 14.4. The van der Waals surface area contributed by atoms with E-state index in [1.807, 2.05) is 0 Å². The smallest absolute Gasteiger partial charge is 0.333 e. The van der Waals surface area contributed by atoms with Gasteiger partial charge in [-0.25, -0.2) is 14.8 Å². The Kier molecular flexibility index (Phi) is 7.36. The van der Waals surface area contributed by atoms with Crippen LogP contribution in [0.3, 0.4) is 0 Å². The van der Waals surface area contributed by atoms with Gasteiger partial charge in [0.1, 0.15) is 6.04 Å². The number of alkyl halides is 4. The third kappa shape index (κ3) is 4.94. The first-order chi connectivity index (χ1) is 18.1. The van der Waals surface area contributed by atoms with Crippen molar-refractivity contribution in [2.75, 3.05) is 31.6 Å². The predicted octanol–water partition coefficient (Wildman–Crippen LogP) is 2.75. The van der Waals surface area contributed by atoms with Gasteiger partial charge in [0.05, 0.1) is 6.17 Å². The molecule has 6 fully saturated rings. The number of carbonyl (C=O) groups is 1. The van der Waals surface area contributed by atoms with Crippen molar-refractivity contribution in [1.82, 2.24) is 25.6 Å². The lowest BCUT2D eigenvalue weighted by Crippen LogP contribution is -2.73. The molecule has 2 aliphatic carbocycles. The Morgan fingerprint density at radius 3 is 2.39 bits per heavy atom. The van der Waals surface area contributed by atoms with Gasteiger partial charge in [-0.15, -0.1) is 0 Å². The maximum absolute atomic E-state index is 14.4. The van der Waals surface area contributed by atoms with Gasteiger partial charge >= 0.3 is 6.18 Å². The number of amides is 1. The van der Waals surface area contributed by atoms with E-state index in [0.29, 0.717) is 56.5 Å². The first kappa shape index (κ1) is 27.4. The van der Waals surface area contributed by atoms with E-state index in [0.717, 1.165) is 24.4 Å². The van der Waals surface area contributed by atoms with E-state index in [1.54, 1.807) is 0 Å². The standard InChI is InChI=1S/C26H41F4N5O2S/c1-33(24(36)17-6-12-38(37)13-7-17)22(26(28,29)30)16-2-4-18(5-3-16)34-11-10-25(8-9-25)23-19(34)15-31-21-14-20(27)32-35(21)23/h16-23,31-32H,2-15H2,1H3/t16?,17?,18?,19?,20?,21?,22-,23?,38?/m0/s1. The van der Waals surface area contributed by atoms with Gasteiger partial charge in [0, 0.05) is 66.4 Å². The number of halogens is 4. The van der Waals surface area contributed by atoms with E-state index < -0.39 is 47.1 Å². The van der Waals surface area contributed by atoms with Crippen LogP contribution in [0.1, 0.15) is 64.2 Å². The molecule has 5 atom stereocenters. The molecule has 4 saturated heterocycles. The number of hydrogen-bond acceptors (Lipinski definition) is 6. The van der Waals surface area contributed by atoms with Crippen molar-refractivity contribution in [3.63, 3.8) is 0 Å². The van der Waals surface area contributed by atoms with Crippen LogP contribution in [0, 0.1) is 17.3 Å². The second-order valence-corrected chi connectivity index (χ2v) is 14.3. The Morgan fingerprint density at radius 1 is 1.08 bits per heavy atom. The zero-order valence-electron chi connectivity index (χ0n) is 22.1. The third-order valence-corrected chi connectivity index (χ3v) is 12.0. The van der Waals surface area contributed by atoms with E-state index in [9.17, 15) is 26.6 Å². The third-order valence-electron chi connectivity index (χ3n) is 10.6. The van der Waals surface area contributed by atoms with E-state index in [1.165, 1.54) is 19.9 Å². The molecule has 7 nitrogen and oxygen atoms in total. The molecule has 0 aromatic carbocycles. The second-order valence-electron chi connectivity index (χ2n) is 12.7. The number of piperidine rings is 1. The molecule has 0 aromatic rings. The summed E-state index contributed by atoms with van der Waals surface area (Å²) < 4.78 is 69.0. The molecule has 1 amide bonds. The Labute approximate surface area is 224 Å². The van der Waals surface area contributed by atoms with Gasteiger partial charge < -0.3 is 4.90 Å². The monoisotopic (exact) mass is 563 g/mol. The molecule has 4 aliphatic heterocycles. The van der Waals surface area contributed by atoms with Crippen molar-refractivity contribution in [1.29, 1.82) is 0 Å². The van der Waals surface area contributed by atoms with E-state index >= 15 is 0 Å². The molecule has 0 radical (unpaired) electrons. The van der Waals surface area contributed by atoms with Crippen LogP contribution < -0.4 is 10.7 Å². The van der Waals surface area contributed by atoms with Crippen LogP contribution >= 0.6 is 0 Å². The number of carbonyl (C=O) groups excluding carboxylic acids is 1. The number of rotatable bonds is 4. The normalized spacial score (nSPS) is 42.3. The number of likely N-dealkylation sites (tertiary alicyclic amines) is 1. The zero-order valence-corrected chi connectivity index (χ0v) is 22.9. The molecule has 216 valence electrons. The average molecular weight is 564 g/mol. The van der Waals surface area contributed by atoms with Crippen LogP contribution in [-0.4, -0.2) is 99.4 Å². The molecule has 6 rings (SSSR count). The molecule has 4 heterocycles. The molecule has 1 spiro atoms. The number of nitrogens with zero attached hydrogens (tertiary/aromatic N) is 3. The molecule has 12 heteroatoms. The predicted molar refractivity (Wildman–Crippen MR) is 136 cm³/mol. The lowest BCUT2D eigenvalue weighted by atomic mass is 9.76. The Balaban J connectivity index is 1.12. The lowest BCUT2D eigenvalue weighted by molar-refractivity contribution is -0.203. The number of hydrazine groups is 1. The van der Waals surface area contributed by atoms with Crippen molar-refractivity contribution >= 4 is 16.7 Å². The second kappa shape index (κ2) is 10.2. The summed E-state index contributed by atoms with van der Waals surface area (Å²) in [6.07, 6.45) is 1.34. The van der Waals surface area contributed by atoms with Gasteiger partial charge in [0.2, 0.25) is 5.91 Å². The fraction of sp³-hybridized carbons (Fsp3) is 0.962. The van der Waals surface area contributed by atoms with Crippen molar-refractivity contribution in [2.45, 2.75) is 107 Å². The van der Waals surface area contributed by atoms with Crippen LogP contribution in [-0.2, 0) is 15.6 Å². The molecule has 2 saturated carbocycles. The summed E-state index contributed by atoms with van der Waals surface area (Å²) >= 11 is 0. The van der Waals surface area contributed by atoms with Crippen molar-refractivity contribution < 1.29 is 26.6 Å². The summed E-state index contributed by atoms with van der Waals surface area (Å²) in [5.41, 5.74) is 3.31. The van der Waals surface area contributed by atoms with Gasteiger partial charge in [-0.3, -0.25) is 19.2 Å². The highest BCUT2D eigenvalue weighted by molar-refractivity contribution is 7.85. The van der Waals surface area contributed by atoms with Crippen LogP contribution in [0.15, 0.2) is 0 Å². The fourth-order valence-corrected chi connectivity index (χ4v) is 9.77. The highest BCUT2D eigenvalue weighted by Crippen LogP contribution is 2.58. The fourth-order valence-electron chi connectivity index (χ4n) is 8.47. The number of nitrogens with one attached hydrogen (secondary N) is 2. The molecular formula is C26H41F4N5O2S. The Bertz CT molecular complexity index is 918. The van der Waals surface area contributed by atoms with Crippen LogP contribution in [0.2, 0.25) is 0 Å². The first-order valence-corrected chi connectivity index (χ1v) is 15.9. The van der Waals surface area contributed by atoms with Crippen molar-refractivity contribution in [3.8, 4) is 0 Å². The van der Waals surface area contributed by atoms with Crippen LogP contribution in [0.4, 0.5) is 17.6 Å². The first-order valence-electron chi connectivity index (χ1n) is 14.4. The summed E-state index contributed by atoms with van der Waals surface area (Å²) in [4.78, 5) is 16.5. The quantitative estimate of drug-likeness (QED) is 0.405. The highest BCUT2D eigenvalue weighted by Gasteiger charge is 2.62. The molecule has 4 unspecified atom stereocenters.